The smallest absolute Gasteiger partial charge is 0.328 e. The van der Waals surface area contributed by atoms with Gasteiger partial charge in [-0.2, -0.15) is 0 Å². The van der Waals surface area contributed by atoms with E-state index in [4.69, 9.17) is 5.11 Å². The molecule has 6 nitrogen and oxygen atoms in total. The molecule has 1 aliphatic rings. The van der Waals surface area contributed by atoms with Crippen LogP contribution in [0.4, 0.5) is 0 Å². The second-order valence-electron chi connectivity index (χ2n) is 4.85. The molecule has 0 aromatic carbocycles. The summed E-state index contributed by atoms with van der Waals surface area (Å²) in [5.41, 5.74) is 0.824. The van der Waals surface area contributed by atoms with Crippen molar-refractivity contribution < 1.29 is 19.5 Å². The van der Waals surface area contributed by atoms with E-state index in [1.807, 2.05) is 0 Å². The first kappa shape index (κ1) is 15.2. The van der Waals surface area contributed by atoms with Crippen LogP contribution in [0.2, 0.25) is 0 Å². The molecule has 1 heterocycles. The Hall–Kier alpha value is -2.15. The van der Waals surface area contributed by atoms with E-state index in [1.54, 1.807) is 13.0 Å². The maximum absolute atomic E-state index is 11.9. The molecule has 0 atom stereocenters. The molecule has 0 aliphatic heterocycles. The fraction of sp³-hybridized carbons (Fsp3) is 0.357. The molecule has 1 aromatic heterocycles. The Balaban J connectivity index is 1.91. The molecule has 1 fully saturated rings. The van der Waals surface area contributed by atoms with Crippen LogP contribution in [0.25, 0.3) is 6.08 Å². The fourth-order valence-corrected chi connectivity index (χ4v) is 2.67. The van der Waals surface area contributed by atoms with Crippen LogP contribution >= 0.6 is 11.3 Å². The number of amides is 2. The summed E-state index contributed by atoms with van der Waals surface area (Å²) in [4.78, 5) is 35.1. The topological polar surface area (TPSA) is 95.5 Å². The summed E-state index contributed by atoms with van der Waals surface area (Å²) in [6.07, 6.45) is 4.49. The summed E-state index contributed by atoms with van der Waals surface area (Å²) < 4.78 is 0. The average Bonchev–Trinajstić information content (AvgIpc) is 3.15. The minimum Gasteiger partial charge on any atom is -0.478 e. The van der Waals surface area contributed by atoms with Gasteiger partial charge < -0.3 is 15.7 Å². The predicted molar refractivity (Wildman–Crippen MR) is 79.2 cm³/mol. The van der Waals surface area contributed by atoms with Gasteiger partial charge in [-0.1, -0.05) is 0 Å². The zero-order chi connectivity index (χ0) is 15.4. The van der Waals surface area contributed by atoms with Crippen LogP contribution in [0.3, 0.4) is 0 Å². The van der Waals surface area contributed by atoms with Gasteiger partial charge >= 0.3 is 5.97 Å². The van der Waals surface area contributed by atoms with Gasteiger partial charge in [0.2, 0.25) is 5.91 Å². The Morgan fingerprint density at radius 3 is 2.76 bits per heavy atom. The lowest BCUT2D eigenvalue weighted by Gasteiger charge is -2.04. The molecule has 0 saturated heterocycles. The highest BCUT2D eigenvalue weighted by Gasteiger charge is 2.23. The van der Waals surface area contributed by atoms with Gasteiger partial charge in [-0.3, -0.25) is 9.59 Å². The molecule has 0 radical (unpaired) electrons. The molecule has 112 valence electrons. The Morgan fingerprint density at radius 1 is 1.43 bits per heavy atom. The van der Waals surface area contributed by atoms with Gasteiger partial charge in [0, 0.05) is 17.0 Å². The second kappa shape index (κ2) is 6.53. The number of carboxylic acid groups (broad SMARTS) is 1. The van der Waals surface area contributed by atoms with Crippen molar-refractivity contribution in [3.8, 4) is 0 Å². The molecule has 1 aliphatic carbocycles. The molecule has 0 unspecified atom stereocenters. The summed E-state index contributed by atoms with van der Waals surface area (Å²) in [6.45, 7) is 1.75. The van der Waals surface area contributed by atoms with Crippen molar-refractivity contribution in [1.82, 2.24) is 10.6 Å². The third-order valence-corrected chi connectivity index (χ3v) is 4.11. The molecule has 0 spiro atoms. The molecule has 21 heavy (non-hydrogen) atoms. The van der Waals surface area contributed by atoms with E-state index in [0.717, 1.165) is 24.5 Å². The molecule has 1 aromatic rings. The molecular weight excluding hydrogens is 292 g/mol. The van der Waals surface area contributed by atoms with Gasteiger partial charge in [0.25, 0.3) is 5.91 Å². The molecule has 7 heteroatoms. The van der Waals surface area contributed by atoms with Crippen LogP contribution in [0.5, 0.6) is 0 Å². The van der Waals surface area contributed by atoms with Crippen molar-refractivity contribution in [2.24, 2.45) is 0 Å². The van der Waals surface area contributed by atoms with Crippen molar-refractivity contribution in [3.05, 3.63) is 27.5 Å². The SMILES string of the molecule is Cc1cc(C(=O)NCC(=O)NC2CC2)sc1/C=C/C(=O)O. The summed E-state index contributed by atoms with van der Waals surface area (Å²) >= 11 is 1.19. The molecule has 0 bridgehead atoms. The van der Waals surface area contributed by atoms with Crippen molar-refractivity contribution in [1.29, 1.82) is 0 Å². The summed E-state index contributed by atoms with van der Waals surface area (Å²) in [5, 5.41) is 13.9. The van der Waals surface area contributed by atoms with E-state index in [0.29, 0.717) is 9.75 Å². The Labute approximate surface area is 125 Å². The van der Waals surface area contributed by atoms with Gasteiger partial charge in [-0.15, -0.1) is 11.3 Å². The van der Waals surface area contributed by atoms with E-state index >= 15 is 0 Å². The van der Waals surface area contributed by atoms with Crippen molar-refractivity contribution in [2.45, 2.75) is 25.8 Å². The maximum atomic E-state index is 11.9. The lowest BCUT2D eigenvalue weighted by atomic mass is 10.2. The highest BCUT2D eigenvalue weighted by atomic mass is 32.1. The number of thiophene rings is 1. The van der Waals surface area contributed by atoms with Crippen LogP contribution in [0.1, 0.15) is 33.0 Å². The summed E-state index contributed by atoms with van der Waals surface area (Å²) in [5.74, 6) is -1.56. The number of carboxylic acids is 1. The second-order valence-corrected chi connectivity index (χ2v) is 5.94. The first-order valence-corrected chi connectivity index (χ1v) is 7.36. The lowest BCUT2D eigenvalue weighted by Crippen LogP contribution is -2.37. The normalized spacial score (nSPS) is 14.1. The number of aliphatic carboxylic acids is 1. The first-order valence-electron chi connectivity index (χ1n) is 6.54. The van der Waals surface area contributed by atoms with E-state index < -0.39 is 5.97 Å². The quantitative estimate of drug-likeness (QED) is 0.687. The van der Waals surface area contributed by atoms with Gasteiger partial charge in [0.1, 0.15) is 0 Å². The fourth-order valence-electron chi connectivity index (χ4n) is 1.67. The van der Waals surface area contributed by atoms with Gasteiger partial charge in [0.15, 0.2) is 0 Å². The first-order chi connectivity index (χ1) is 9.95. The van der Waals surface area contributed by atoms with E-state index in [-0.39, 0.29) is 24.4 Å². The number of nitrogens with one attached hydrogen (secondary N) is 2. The minimum atomic E-state index is -1.04. The van der Waals surface area contributed by atoms with Gasteiger partial charge in [0.05, 0.1) is 11.4 Å². The predicted octanol–water partition coefficient (Wildman–Crippen LogP) is 1.16. The van der Waals surface area contributed by atoms with Crippen molar-refractivity contribution >= 4 is 35.2 Å². The highest BCUT2D eigenvalue weighted by Crippen LogP contribution is 2.23. The number of carbonyl (C=O) groups is 3. The Kier molecular flexibility index (Phi) is 4.74. The zero-order valence-corrected chi connectivity index (χ0v) is 12.3. The third kappa shape index (κ3) is 4.71. The zero-order valence-electron chi connectivity index (χ0n) is 11.5. The lowest BCUT2D eigenvalue weighted by molar-refractivity contribution is -0.131. The third-order valence-electron chi connectivity index (χ3n) is 2.91. The summed E-state index contributed by atoms with van der Waals surface area (Å²) in [7, 11) is 0. The monoisotopic (exact) mass is 308 g/mol. The minimum absolute atomic E-state index is 0.0490. The standard InChI is InChI=1S/C14H16N2O4S/c1-8-6-11(21-10(8)4-5-13(18)19)14(20)15-7-12(17)16-9-2-3-9/h4-6,9H,2-3,7H2,1H3,(H,15,20)(H,16,17)(H,18,19)/b5-4+. The van der Waals surface area contributed by atoms with Crippen molar-refractivity contribution in [2.75, 3.05) is 6.54 Å². The number of carbonyl (C=O) groups excluding carboxylic acids is 2. The van der Waals surface area contributed by atoms with Gasteiger partial charge in [-0.25, -0.2) is 4.79 Å². The Bertz CT molecular complexity index is 602. The van der Waals surface area contributed by atoms with Crippen molar-refractivity contribution in [3.63, 3.8) is 0 Å². The van der Waals surface area contributed by atoms with E-state index in [9.17, 15) is 14.4 Å². The summed E-state index contributed by atoms with van der Waals surface area (Å²) in [6, 6.07) is 1.95. The average molecular weight is 308 g/mol. The van der Waals surface area contributed by atoms with E-state index in [1.165, 1.54) is 17.4 Å². The number of hydrogen-bond acceptors (Lipinski definition) is 4. The molecule has 1 saturated carbocycles. The number of rotatable bonds is 6. The van der Waals surface area contributed by atoms with Crippen LogP contribution < -0.4 is 10.6 Å². The van der Waals surface area contributed by atoms with Gasteiger partial charge in [-0.05, 0) is 37.5 Å². The molecule has 2 rings (SSSR count). The van der Waals surface area contributed by atoms with Crippen LogP contribution in [-0.2, 0) is 9.59 Å². The molecular formula is C14H16N2O4S. The maximum Gasteiger partial charge on any atom is 0.328 e. The van der Waals surface area contributed by atoms with Crippen LogP contribution in [0.15, 0.2) is 12.1 Å². The van der Waals surface area contributed by atoms with Crippen LogP contribution in [0, 0.1) is 6.92 Å². The van der Waals surface area contributed by atoms with Crippen LogP contribution in [-0.4, -0.2) is 35.5 Å². The number of aryl methyl sites for hydroxylation is 1. The van der Waals surface area contributed by atoms with E-state index in [2.05, 4.69) is 10.6 Å². The molecule has 3 N–H and O–H groups in total. The Morgan fingerprint density at radius 2 is 2.14 bits per heavy atom. The number of hydrogen-bond donors (Lipinski definition) is 3. The highest BCUT2D eigenvalue weighted by molar-refractivity contribution is 7.15. The molecule has 2 amide bonds. The largest absolute Gasteiger partial charge is 0.478 e.